The van der Waals surface area contributed by atoms with Gasteiger partial charge < -0.3 is 14.8 Å². The molecule has 1 amide bonds. The summed E-state index contributed by atoms with van der Waals surface area (Å²) in [6, 6.07) is 10.3. The van der Waals surface area contributed by atoms with Crippen molar-refractivity contribution in [2.45, 2.75) is 32.7 Å². The van der Waals surface area contributed by atoms with E-state index in [2.05, 4.69) is 30.8 Å². The van der Waals surface area contributed by atoms with Crippen molar-refractivity contribution < 1.29 is 22.7 Å². The molecule has 0 radical (unpaired) electrons. The van der Waals surface area contributed by atoms with Crippen molar-refractivity contribution in [2.24, 2.45) is 0 Å². The number of halogens is 1. The molecular formula is C21H27ClN2O5S. The summed E-state index contributed by atoms with van der Waals surface area (Å²) in [6.45, 7) is 6.29. The highest BCUT2D eigenvalue weighted by Gasteiger charge is 2.17. The van der Waals surface area contributed by atoms with Gasteiger partial charge in [0.05, 0.1) is 19.1 Å². The highest BCUT2D eigenvalue weighted by Crippen LogP contribution is 2.32. The molecule has 0 heterocycles. The Labute approximate surface area is 182 Å². The molecule has 2 aromatic carbocycles. The van der Waals surface area contributed by atoms with Crippen LogP contribution >= 0.6 is 11.6 Å². The maximum atomic E-state index is 12.1. The zero-order valence-electron chi connectivity index (χ0n) is 17.7. The lowest BCUT2D eigenvalue weighted by Gasteiger charge is -2.21. The molecule has 0 saturated carbocycles. The van der Waals surface area contributed by atoms with E-state index >= 15 is 0 Å². The summed E-state index contributed by atoms with van der Waals surface area (Å²) in [7, 11) is -1.98. The number of sulfonamides is 1. The van der Waals surface area contributed by atoms with Gasteiger partial charge in [-0.05, 0) is 40.8 Å². The number of ether oxygens (including phenoxy) is 2. The van der Waals surface area contributed by atoms with Gasteiger partial charge in [-0.1, -0.05) is 44.5 Å². The summed E-state index contributed by atoms with van der Waals surface area (Å²) >= 11 is 6.32. The lowest BCUT2D eigenvalue weighted by molar-refractivity contribution is -0.123. The van der Waals surface area contributed by atoms with E-state index in [-0.39, 0.29) is 24.5 Å². The molecule has 0 unspecified atom stereocenters. The minimum absolute atomic E-state index is 0.0829. The third-order valence-corrected chi connectivity index (χ3v) is 5.07. The first kappa shape index (κ1) is 23.8. The van der Waals surface area contributed by atoms with Gasteiger partial charge in [0.2, 0.25) is 10.0 Å². The third kappa shape index (κ3) is 7.11. The van der Waals surface area contributed by atoms with Crippen LogP contribution in [0.1, 0.15) is 31.9 Å². The first-order chi connectivity index (χ1) is 13.9. The second kappa shape index (κ2) is 9.57. The summed E-state index contributed by atoms with van der Waals surface area (Å²) in [5.74, 6) is 0.571. The normalized spacial score (nSPS) is 11.7. The number of hydrogen-bond donors (Lipinski definition) is 2. The van der Waals surface area contributed by atoms with Crippen molar-refractivity contribution in [3.63, 3.8) is 0 Å². The number of rotatable bonds is 8. The van der Waals surface area contributed by atoms with Crippen molar-refractivity contribution in [1.82, 2.24) is 5.32 Å². The molecule has 2 aromatic rings. The fraction of sp³-hybridized carbons (Fsp3) is 0.381. The molecule has 0 aromatic heterocycles. The molecule has 0 aliphatic heterocycles. The Morgan fingerprint density at radius 2 is 1.83 bits per heavy atom. The van der Waals surface area contributed by atoms with Gasteiger partial charge in [-0.3, -0.25) is 9.52 Å². The molecule has 0 aliphatic carbocycles. The Balaban J connectivity index is 1.93. The van der Waals surface area contributed by atoms with Gasteiger partial charge in [0.25, 0.3) is 5.91 Å². The van der Waals surface area contributed by atoms with Crippen LogP contribution in [0.25, 0.3) is 0 Å². The third-order valence-electron chi connectivity index (χ3n) is 4.17. The first-order valence-electron chi connectivity index (χ1n) is 9.23. The zero-order valence-corrected chi connectivity index (χ0v) is 19.3. The van der Waals surface area contributed by atoms with Gasteiger partial charge in [-0.25, -0.2) is 8.42 Å². The van der Waals surface area contributed by atoms with E-state index in [0.29, 0.717) is 22.2 Å². The Kier molecular flexibility index (Phi) is 7.60. The molecule has 2 rings (SSSR count). The van der Waals surface area contributed by atoms with Crippen molar-refractivity contribution in [3.05, 3.63) is 52.5 Å². The quantitative estimate of drug-likeness (QED) is 0.634. The second-order valence-corrected chi connectivity index (χ2v) is 10.0. The smallest absolute Gasteiger partial charge is 0.258 e. The molecule has 9 heteroatoms. The second-order valence-electron chi connectivity index (χ2n) is 7.87. The molecule has 0 bridgehead atoms. The minimum Gasteiger partial charge on any atom is -0.495 e. The number of anilines is 1. The van der Waals surface area contributed by atoms with Crippen molar-refractivity contribution in [1.29, 1.82) is 0 Å². The number of benzene rings is 2. The van der Waals surface area contributed by atoms with Crippen LogP contribution in [0.2, 0.25) is 5.02 Å². The largest absolute Gasteiger partial charge is 0.495 e. The number of methoxy groups -OCH3 is 1. The van der Waals surface area contributed by atoms with E-state index in [1.165, 1.54) is 7.11 Å². The zero-order chi connectivity index (χ0) is 22.5. The van der Waals surface area contributed by atoms with Crippen molar-refractivity contribution in [3.8, 4) is 11.5 Å². The van der Waals surface area contributed by atoms with Crippen molar-refractivity contribution >= 4 is 33.2 Å². The lowest BCUT2D eigenvalue weighted by atomic mass is 9.87. The number of carbonyl (C=O) groups excluding carboxylic acids is 1. The average molecular weight is 455 g/mol. The van der Waals surface area contributed by atoms with Crippen LogP contribution in [-0.2, 0) is 26.8 Å². The number of hydrogen-bond acceptors (Lipinski definition) is 5. The van der Waals surface area contributed by atoms with Gasteiger partial charge in [-0.2, -0.15) is 0 Å². The summed E-state index contributed by atoms with van der Waals surface area (Å²) in [5, 5.41) is 3.34. The van der Waals surface area contributed by atoms with Gasteiger partial charge in [-0.15, -0.1) is 0 Å². The minimum atomic E-state index is -3.42. The number of nitrogens with one attached hydrogen (secondary N) is 2. The van der Waals surface area contributed by atoms with Crippen LogP contribution < -0.4 is 19.5 Å². The molecule has 0 aliphatic rings. The van der Waals surface area contributed by atoms with E-state index in [4.69, 9.17) is 21.1 Å². The first-order valence-corrected chi connectivity index (χ1v) is 11.5. The predicted molar refractivity (Wildman–Crippen MR) is 119 cm³/mol. The van der Waals surface area contributed by atoms with Crippen LogP contribution in [0.4, 0.5) is 5.69 Å². The standard InChI is InChI=1S/C21H27ClN2O5S/c1-21(2,3)16-8-7-15(11-17(16)22)29-13-20(25)23-12-14-6-9-18(19(10-14)28-4)24-30(5,26)27/h6-11,24H,12-13H2,1-5H3,(H,23,25). The van der Waals surface area contributed by atoms with Gasteiger partial charge >= 0.3 is 0 Å². The molecule has 164 valence electrons. The highest BCUT2D eigenvalue weighted by molar-refractivity contribution is 7.92. The average Bonchev–Trinajstić information content (AvgIpc) is 2.63. The Morgan fingerprint density at radius 1 is 1.13 bits per heavy atom. The summed E-state index contributed by atoms with van der Waals surface area (Å²) in [6.07, 6.45) is 1.06. The molecule has 0 atom stereocenters. The van der Waals surface area contributed by atoms with Crippen LogP contribution in [0.5, 0.6) is 11.5 Å². The maximum Gasteiger partial charge on any atom is 0.258 e. The molecule has 30 heavy (non-hydrogen) atoms. The van der Waals surface area contributed by atoms with Crippen molar-refractivity contribution in [2.75, 3.05) is 24.7 Å². The topological polar surface area (TPSA) is 93.7 Å². The van der Waals surface area contributed by atoms with Crippen LogP contribution in [-0.4, -0.2) is 34.3 Å². The molecule has 2 N–H and O–H groups in total. The summed E-state index contributed by atoms with van der Waals surface area (Å²) in [4.78, 5) is 12.1. The Hall–Kier alpha value is -2.45. The monoisotopic (exact) mass is 454 g/mol. The van der Waals surface area contributed by atoms with Crippen LogP contribution in [0.15, 0.2) is 36.4 Å². The highest BCUT2D eigenvalue weighted by atomic mass is 35.5. The summed E-state index contributed by atoms with van der Waals surface area (Å²) < 4.78 is 35.9. The van der Waals surface area contributed by atoms with Crippen LogP contribution in [0, 0.1) is 0 Å². The van der Waals surface area contributed by atoms with E-state index in [0.717, 1.165) is 17.4 Å². The van der Waals surface area contributed by atoms with E-state index < -0.39 is 10.0 Å². The molecule has 0 spiro atoms. The van der Waals surface area contributed by atoms with E-state index in [1.807, 2.05) is 6.07 Å². The molecular weight excluding hydrogens is 428 g/mol. The SMILES string of the molecule is COc1cc(CNC(=O)COc2ccc(C(C)(C)C)c(Cl)c2)ccc1NS(C)(=O)=O. The van der Waals surface area contributed by atoms with Gasteiger partial charge in [0, 0.05) is 11.6 Å². The fourth-order valence-corrected chi connectivity index (χ4v) is 3.75. The number of amides is 1. The predicted octanol–water partition coefficient (Wildman–Crippen LogP) is 3.71. The fourth-order valence-electron chi connectivity index (χ4n) is 2.72. The molecule has 0 fully saturated rings. The lowest BCUT2D eigenvalue weighted by Crippen LogP contribution is -2.28. The Bertz CT molecular complexity index is 1020. The molecule has 7 nitrogen and oxygen atoms in total. The summed E-state index contributed by atoms with van der Waals surface area (Å²) in [5.41, 5.74) is 2.00. The van der Waals surface area contributed by atoms with Gasteiger partial charge in [0.15, 0.2) is 6.61 Å². The Morgan fingerprint density at radius 3 is 2.40 bits per heavy atom. The van der Waals surface area contributed by atoms with E-state index in [9.17, 15) is 13.2 Å². The number of carbonyl (C=O) groups is 1. The molecule has 0 saturated heterocycles. The van der Waals surface area contributed by atoms with Gasteiger partial charge in [0.1, 0.15) is 11.5 Å². The van der Waals surface area contributed by atoms with Crippen LogP contribution in [0.3, 0.4) is 0 Å². The van der Waals surface area contributed by atoms with E-state index in [1.54, 1.807) is 30.3 Å². The maximum absolute atomic E-state index is 12.1.